The molecular weight excluding hydrogens is 394 g/mol. The summed E-state index contributed by atoms with van der Waals surface area (Å²) in [5.74, 6) is -0.835. The lowest BCUT2D eigenvalue weighted by atomic mass is 9.97. The van der Waals surface area contributed by atoms with Gasteiger partial charge in [-0.1, -0.05) is 19.9 Å². The van der Waals surface area contributed by atoms with Crippen molar-refractivity contribution in [3.05, 3.63) is 65.0 Å². The second-order valence-electron chi connectivity index (χ2n) is 7.46. The highest BCUT2D eigenvalue weighted by molar-refractivity contribution is 6.46. The number of ether oxygens (including phenoxy) is 1. The lowest BCUT2D eigenvalue weighted by molar-refractivity contribution is -0.140. The van der Waals surface area contributed by atoms with Crippen molar-refractivity contribution < 1.29 is 19.4 Å². The Kier molecular flexibility index (Phi) is 7.07. The van der Waals surface area contributed by atoms with Crippen molar-refractivity contribution in [1.82, 2.24) is 14.8 Å². The number of methoxy groups -OCH3 is 1. The van der Waals surface area contributed by atoms with Crippen LogP contribution in [0.5, 0.6) is 5.75 Å². The fourth-order valence-electron chi connectivity index (χ4n) is 3.93. The van der Waals surface area contributed by atoms with Crippen molar-refractivity contribution in [2.45, 2.75) is 26.8 Å². The van der Waals surface area contributed by atoms with Gasteiger partial charge in [-0.05, 0) is 55.9 Å². The number of hydrogen-bond acceptors (Lipinski definition) is 6. The maximum Gasteiger partial charge on any atom is 0.295 e. The van der Waals surface area contributed by atoms with Crippen LogP contribution in [0, 0.1) is 6.92 Å². The molecule has 0 aliphatic carbocycles. The molecular formula is C24H29N3O4. The number of Topliss-reactive ketones (excluding diaryl/α,β-unsaturated/α-hetero) is 1. The van der Waals surface area contributed by atoms with Crippen molar-refractivity contribution in [2.24, 2.45) is 0 Å². The molecule has 31 heavy (non-hydrogen) atoms. The molecule has 1 N–H and O–H groups in total. The van der Waals surface area contributed by atoms with Crippen LogP contribution in [-0.4, -0.2) is 64.9 Å². The monoisotopic (exact) mass is 423 g/mol. The summed E-state index contributed by atoms with van der Waals surface area (Å²) in [6.07, 6.45) is 1.62. The predicted molar refractivity (Wildman–Crippen MR) is 119 cm³/mol. The van der Waals surface area contributed by atoms with Crippen LogP contribution in [0.25, 0.3) is 5.76 Å². The zero-order chi connectivity index (χ0) is 22.5. The molecule has 1 unspecified atom stereocenters. The van der Waals surface area contributed by atoms with E-state index in [1.165, 1.54) is 4.90 Å². The van der Waals surface area contributed by atoms with Crippen LogP contribution in [0.15, 0.2) is 48.2 Å². The first kappa shape index (κ1) is 22.5. The van der Waals surface area contributed by atoms with E-state index in [0.717, 1.165) is 18.7 Å². The number of likely N-dealkylation sites (tertiary alicyclic amines) is 1. The average Bonchev–Trinajstić information content (AvgIpc) is 3.04. The first-order valence-electron chi connectivity index (χ1n) is 10.5. The number of hydrogen-bond donors (Lipinski definition) is 1. The number of rotatable bonds is 8. The van der Waals surface area contributed by atoms with Gasteiger partial charge < -0.3 is 19.6 Å². The van der Waals surface area contributed by atoms with Gasteiger partial charge in [0.1, 0.15) is 17.6 Å². The molecule has 1 amide bonds. The van der Waals surface area contributed by atoms with Crippen molar-refractivity contribution in [1.29, 1.82) is 0 Å². The van der Waals surface area contributed by atoms with Gasteiger partial charge in [0.2, 0.25) is 0 Å². The molecule has 2 aromatic rings. The predicted octanol–water partition coefficient (Wildman–Crippen LogP) is 3.16. The number of aliphatic hydroxyl groups is 1. The fourth-order valence-corrected chi connectivity index (χ4v) is 3.93. The number of pyridine rings is 1. The Morgan fingerprint density at radius 1 is 1.19 bits per heavy atom. The molecule has 0 radical (unpaired) electrons. The van der Waals surface area contributed by atoms with Gasteiger partial charge in [-0.2, -0.15) is 0 Å². The standard InChI is InChI=1S/C24H29N3O4/c1-5-26(6-2)13-14-27-21(18-9-7-8-12-25-18)20(23(29)24(27)30)22(28)17-10-11-19(31-4)16(3)15-17/h7-12,15,21,28H,5-6,13-14H2,1-4H3/b22-20-. The number of amides is 1. The van der Waals surface area contributed by atoms with E-state index in [1.807, 2.05) is 13.0 Å². The quantitative estimate of drug-likeness (QED) is 0.399. The zero-order valence-electron chi connectivity index (χ0n) is 18.5. The van der Waals surface area contributed by atoms with Gasteiger partial charge in [0.15, 0.2) is 0 Å². The third kappa shape index (κ3) is 4.46. The Bertz CT molecular complexity index is 984. The Hall–Kier alpha value is -3.19. The molecule has 1 aliphatic rings. The molecule has 3 rings (SSSR count). The highest BCUT2D eigenvalue weighted by atomic mass is 16.5. The van der Waals surface area contributed by atoms with Crippen LogP contribution >= 0.6 is 0 Å². The number of aryl methyl sites for hydroxylation is 1. The second-order valence-corrected chi connectivity index (χ2v) is 7.46. The summed E-state index contributed by atoms with van der Waals surface area (Å²) in [7, 11) is 1.57. The number of likely N-dealkylation sites (N-methyl/N-ethyl adjacent to an activating group) is 1. The van der Waals surface area contributed by atoms with E-state index in [-0.39, 0.29) is 11.3 Å². The SMILES string of the molecule is CCN(CC)CCN1C(=O)C(=O)/C(=C(\O)c2ccc(OC)c(C)c2)C1c1ccccn1. The molecule has 164 valence electrons. The van der Waals surface area contributed by atoms with E-state index in [1.54, 1.807) is 43.6 Å². The number of carbonyl (C=O) groups excluding carboxylic acids is 2. The van der Waals surface area contributed by atoms with E-state index in [0.29, 0.717) is 30.1 Å². The van der Waals surface area contributed by atoms with Crippen LogP contribution in [0.3, 0.4) is 0 Å². The number of aliphatic hydroxyl groups excluding tert-OH is 1. The molecule has 0 saturated carbocycles. The van der Waals surface area contributed by atoms with Crippen molar-refractivity contribution in [2.75, 3.05) is 33.3 Å². The summed E-state index contributed by atoms with van der Waals surface area (Å²) in [4.78, 5) is 34.1. The molecule has 0 bridgehead atoms. The molecule has 7 nitrogen and oxygen atoms in total. The number of carbonyl (C=O) groups is 2. The molecule has 1 aromatic carbocycles. The van der Waals surface area contributed by atoms with Crippen LogP contribution in [0.1, 0.15) is 36.7 Å². The number of aromatic nitrogens is 1. The number of ketones is 1. The van der Waals surface area contributed by atoms with E-state index < -0.39 is 17.7 Å². The normalized spacial score (nSPS) is 18.1. The molecule has 1 fully saturated rings. The summed E-state index contributed by atoms with van der Waals surface area (Å²) >= 11 is 0. The Balaban J connectivity index is 2.08. The first-order valence-corrected chi connectivity index (χ1v) is 10.5. The second kappa shape index (κ2) is 9.75. The highest BCUT2D eigenvalue weighted by Gasteiger charge is 2.46. The van der Waals surface area contributed by atoms with Crippen molar-refractivity contribution >= 4 is 17.4 Å². The summed E-state index contributed by atoms with van der Waals surface area (Å²) in [6.45, 7) is 8.66. The summed E-state index contributed by atoms with van der Waals surface area (Å²) in [5.41, 5.74) is 1.89. The van der Waals surface area contributed by atoms with Crippen molar-refractivity contribution in [3.63, 3.8) is 0 Å². The van der Waals surface area contributed by atoms with E-state index in [2.05, 4.69) is 23.7 Å². The van der Waals surface area contributed by atoms with Crippen LogP contribution in [-0.2, 0) is 9.59 Å². The maximum absolute atomic E-state index is 13.0. The minimum atomic E-state index is -0.737. The van der Waals surface area contributed by atoms with Gasteiger partial charge in [0.25, 0.3) is 11.7 Å². The number of nitrogens with zero attached hydrogens (tertiary/aromatic N) is 3. The molecule has 1 saturated heterocycles. The van der Waals surface area contributed by atoms with Gasteiger partial charge in [-0.15, -0.1) is 0 Å². The minimum Gasteiger partial charge on any atom is -0.507 e. The summed E-state index contributed by atoms with van der Waals surface area (Å²) in [6, 6.07) is 9.78. The van der Waals surface area contributed by atoms with E-state index in [9.17, 15) is 14.7 Å². The van der Waals surface area contributed by atoms with Gasteiger partial charge in [-0.3, -0.25) is 14.6 Å². The Labute approximate surface area is 183 Å². The number of benzene rings is 1. The van der Waals surface area contributed by atoms with Crippen LogP contribution in [0.2, 0.25) is 0 Å². The van der Waals surface area contributed by atoms with Crippen LogP contribution < -0.4 is 4.74 Å². The highest BCUT2D eigenvalue weighted by Crippen LogP contribution is 2.38. The first-order chi connectivity index (χ1) is 14.9. The molecule has 1 atom stereocenters. The van der Waals surface area contributed by atoms with E-state index in [4.69, 9.17) is 4.74 Å². The largest absolute Gasteiger partial charge is 0.507 e. The molecule has 7 heteroatoms. The van der Waals surface area contributed by atoms with Crippen LogP contribution in [0.4, 0.5) is 0 Å². The summed E-state index contributed by atoms with van der Waals surface area (Å²) in [5, 5.41) is 11.1. The van der Waals surface area contributed by atoms with Crippen molar-refractivity contribution in [3.8, 4) is 5.75 Å². The zero-order valence-corrected chi connectivity index (χ0v) is 18.5. The molecule has 1 aromatic heterocycles. The molecule has 2 heterocycles. The minimum absolute atomic E-state index is 0.0628. The topological polar surface area (TPSA) is 83.0 Å². The lowest BCUT2D eigenvalue weighted by Crippen LogP contribution is -2.38. The van der Waals surface area contributed by atoms with Gasteiger partial charge in [0.05, 0.1) is 18.4 Å². The third-order valence-corrected chi connectivity index (χ3v) is 5.73. The lowest BCUT2D eigenvalue weighted by Gasteiger charge is -2.27. The summed E-state index contributed by atoms with van der Waals surface area (Å²) < 4.78 is 5.28. The molecule has 1 aliphatic heterocycles. The van der Waals surface area contributed by atoms with E-state index >= 15 is 0 Å². The van der Waals surface area contributed by atoms with Gasteiger partial charge >= 0.3 is 0 Å². The Morgan fingerprint density at radius 2 is 1.94 bits per heavy atom. The Morgan fingerprint density at radius 3 is 2.52 bits per heavy atom. The smallest absolute Gasteiger partial charge is 0.295 e. The van der Waals surface area contributed by atoms with Gasteiger partial charge in [-0.25, -0.2) is 0 Å². The average molecular weight is 424 g/mol. The third-order valence-electron chi connectivity index (χ3n) is 5.73. The molecule has 0 spiro atoms. The van der Waals surface area contributed by atoms with Gasteiger partial charge in [0, 0.05) is 24.8 Å². The maximum atomic E-state index is 13.0. The fraction of sp³-hybridized carbons (Fsp3) is 0.375.